The SMILES string of the molecule is [CH2]C(CF)c1ccc(I)c(Br)c1. The summed E-state index contributed by atoms with van der Waals surface area (Å²) in [5.74, 6) is -0.252. The number of hydrogen-bond acceptors (Lipinski definition) is 0. The zero-order chi connectivity index (χ0) is 9.14. The Labute approximate surface area is 93.8 Å². The molecule has 0 saturated heterocycles. The van der Waals surface area contributed by atoms with Crippen LogP contribution in [0.1, 0.15) is 11.5 Å². The first-order valence-corrected chi connectivity index (χ1v) is 5.36. The Morgan fingerprint density at radius 1 is 1.58 bits per heavy atom. The summed E-state index contributed by atoms with van der Waals surface area (Å²) in [5.41, 5.74) is 0.935. The molecule has 12 heavy (non-hydrogen) atoms. The van der Waals surface area contributed by atoms with Crippen molar-refractivity contribution in [1.82, 2.24) is 0 Å². The van der Waals surface area contributed by atoms with Crippen molar-refractivity contribution >= 4 is 38.5 Å². The summed E-state index contributed by atoms with van der Waals surface area (Å²) in [4.78, 5) is 0. The third-order valence-electron chi connectivity index (χ3n) is 1.60. The molecule has 0 aromatic heterocycles. The monoisotopic (exact) mass is 341 g/mol. The Kier molecular flexibility index (Phi) is 3.96. The molecule has 0 heterocycles. The van der Waals surface area contributed by atoms with E-state index in [0.717, 1.165) is 13.6 Å². The fraction of sp³-hybridized carbons (Fsp3) is 0.222. The van der Waals surface area contributed by atoms with Crippen LogP contribution in [0.3, 0.4) is 0 Å². The highest BCUT2D eigenvalue weighted by atomic mass is 127. The van der Waals surface area contributed by atoms with Crippen LogP contribution < -0.4 is 0 Å². The van der Waals surface area contributed by atoms with Gasteiger partial charge in [-0.05, 0) is 63.1 Å². The molecule has 1 aromatic carbocycles. The van der Waals surface area contributed by atoms with Crippen LogP contribution in [0.4, 0.5) is 4.39 Å². The molecule has 0 aliphatic carbocycles. The van der Waals surface area contributed by atoms with Crippen molar-refractivity contribution in [2.45, 2.75) is 5.92 Å². The summed E-state index contributed by atoms with van der Waals surface area (Å²) in [6.07, 6.45) is 0. The number of halogens is 3. The molecule has 1 radical (unpaired) electrons. The maximum Gasteiger partial charge on any atom is 0.0962 e. The average Bonchev–Trinajstić information content (AvgIpc) is 2.08. The Hall–Kier alpha value is 0.360. The van der Waals surface area contributed by atoms with Gasteiger partial charge in [0, 0.05) is 14.0 Å². The van der Waals surface area contributed by atoms with Gasteiger partial charge >= 0.3 is 0 Å². The zero-order valence-electron chi connectivity index (χ0n) is 6.36. The molecular formula is C9H8BrFI. The third kappa shape index (κ3) is 2.42. The van der Waals surface area contributed by atoms with Crippen molar-refractivity contribution in [3.63, 3.8) is 0 Å². The van der Waals surface area contributed by atoms with Crippen LogP contribution in [0.5, 0.6) is 0 Å². The second-order valence-electron chi connectivity index (χ2n) is 2.52. The summed E-state index contributed by atoms with van der Waals surface area (Å²) in [5, 5.41) is 0. The normalized spacial score (nSPS) is 13.0. The van der Waals surface area contributed by atoms with Crippen LogP contribution in [0, 0.1) is 10.5 Å². The molecular weight excluding hydrogens is 334 g/mol. The van der Waals surface area contributed by atoms with Gasteiger partial charge in [0.15, 0.2) is 0 Å². The van der Waals surface area contributed by atoms with Crippen LogP contribution in [0.25, 0.3) is 0 Å². The Morgan fingerprint density at radius 2 is 2.25 bits per heavy atom. The quantitative estimate of drug-likeness (QED) is 0.715. The number of alkyl halides is 1. The molecule has 0 aliphatic rings. The number of benzene rings is 1. The van der Waals surface area contributed by atoms with Gasteiger partial charge in [-0.3, -0.25) is 4.39 Å². The van der Waals surface area contributed by atoms with E-state index in [1.54, 1.807) is 0 Å². The third-order valence-corrected chi connectivity index (χ3v) is 3.94. The first-order valence-electron chi connectivity index (χ1n) is 3.49. The standard InChI is InChI=1S/C9H8BrFI/c1-6(5-11)7-2-3-9(12)8(10)4-7/h2-4,6H,1,5H2. The fourth-order valence-corrected chi connectivity index (χ4v) is 1.59. The molecule has 0 nitrogen and oxygen atoms in total. The van der Waals surface area contributed by atoms with Gasteiger partial charge in [-0.25, -0.2) is 0 Å². The maximum atomic E-state index is 12.2. The van der Waals surface area contributed by atoms with Crippen molar-refractivity contribution < 1.29 is 4.39 Å². The van der Waals surface area contributed by atoms with Crippen molar-refractivity contribution in [2.24, 2.45) is 0 Å². The first-order chi connectivity index (χ1) is 5.65. The molecule has 0 bridgehead atoms. The maximum absolute atomic E-state index is 12.2. The van der Waals surface area contributed by atoms with Crippen LogP contribution in [0.15, 0.2) is 22.7 Å². The summed E-state index contributed by atoms with van der Waals surface area (Å²) in [7, 11) is 0. The van der Waals surface area contributed by atoms with Crippen LogP contribution >= 0.6 is 38.5 Å². The van der Waals surface area contributed by atoms with E-state index in [0.29, 0.717) is 0 Å². The predicted octanol–water partition coefficient (Wildman–Crippen LogP) is 3.94. The minimum Gasteiger partial charge on any atom is -0.250 e. The Bertz CT molecular complexity index is 275. The van der Waals surface area contributed by atoms with Gasteiger partial charge in [0.05, 0.1) is 6.67 Å². The largest absolute Gasteiger partial charge is 0.250 e. The van der Waals surface area contributed by atoms with E-state index in [1.807, 2.05) is 18.2 Å². The molecule has 0 amide bonds. The van der Waals surface area contributed by atoms with Gasteiger partial charge in [-0.15, -0.1) is 0 Å². The lowest BCUT2D eigenvalue weighted by molar-refractivity contribution is 0.465. The predicted molar refractivity (Wildman–Crippen MR) is 60.9 cm³/mol. The summed E-state index contributed by atoms with van der Waals surface area (Å²) in [6.45, 7) is 3.29. The number of hydrogen-bond donors (Lipinski definition) is 0. The minimum atomic E-state index is -0.410. The van der Waals surface area contributed by atoms with Gasteiger partial charge in [-0.1, -0.05) is 6.07 Å². The van der Waals surface area contributed by atoms with E-state index < -0.39 is 6.67 Å². The van der Waals surface area contributed by atoms with Gasteiger partial charge in [0.25, 0.3) is 0 Å². The first kappa shape index (κ1) is 10.4. The van der Waals surface area contributed by atoms with Crippen molar-refractivity contribution in [3.05, 3.63) is 38.7 Å². The summed E-state index contributed by atoms with van der Waals surface area (Å²) < 4.78 is 14.4. The second-order valence-corrected chi connectivity index (χ2v) is 4.54. The van der Waals surface area contributed by atoms with Gasteiger partial charge in [0.1, 0.15) is 0 Å². The molecule has 1 unspecified atom stereocenters. The Morgan fingerprint density at radius 3 is 2.75 bits per heavy atom. The molecule has 0 aliphatic heterocycles. The van der Waals surface area contributed by atoms with E-state index in [1.165, 1.54) is 0 Å². The van der Waals surface area contributed by atoms with Crippen molar-refractivity contribution in [3.8, 4) is 0 Å². The summed E-state index contributed by atoms with van der Waals surface area (Å²) >= 11 is 5.60. The van der Waals surface area contributed by atoms with Crippen molar-refractivity contribution in [1.29, 1.82) is 0 Å². The average molecular weight is 342 g/mol. The topological polar surface area (TPSA) is 0 Å². The lowest BCUT2D eigenvalue weighted by Gasteiger charge is -2.07. The zero-order valence-corrected chi connectivity index (χ0v) is 10.1. The molecule has 0 spiro atoms. The molecule has 0 N–H and O–H groups in total. The molecule has 1 atom stereocenters. The van der Waals surface area contributed by atoms with E-state index in [9.17, 15) is 4.39 Å². The van der Waals surface area contributed by atoms with Gasteiger partial charge in [-0.2, -0.15) is 0 Å². The highest BCUT2D eigenvalue weighted by Crippen LogP contribution is 2.24. The molecule has 0 fully saturated rings. The van der Waals surface area contributed by atoms with E-state index in [4.69, 9.17) is 0 Å². The van der Waals surface area contributed by atoms with Crippen molar-refractivity contribution in [2.75, 3.05) is 6.67 Å². The lowest BCUT2D eigenvalue weighted by atomic mass is 10.0. The minimum absolute atomic E-state index is 0.252. The van der Waals surface area contributed by atoms with Crippen LogP contribution in [-0.2, 0) is 0 Å². The number of rotatable bonds is 2. The van der Waals surface area contributed by atoms with E-state index >= 15 is 0 Å². The van der Waals surface area contributed by atoms with Crippen LogP contribution in [-0.4, -0.2) is 6.67 Å². The molecule has 1 rings (SSSR count). The fourth-order valence-electron chi connectivity index (χ4n) is 0.855. The Balaban J connectivity index is 2.96. The smallest absolute Gasteiger partial charge is 0.0962 e. The second kappa shape index (κ2) is 4.56. The molecule has 1 aromatic rings. The van der Waals surface area contributed by atoms with E-state index in [-0.39, 0.29) is 5.92 Å². The lowest BCUT2D eigenvalue weighted by Crippen LogP contribution is -1.95. The van der Waals surface area contributed by atoms with Gasteiger partial charge < -0.3 is 0 Å². The molecule has 3 heteroatoms. The van der Waals surface area contributed by atoms with E-state index in [2.05, 4.69) is 45.4 Å². The summed E-state index contributed by atoms with van der Waals surface area (Å²) in [6, 6.07) is 5.77. The van der Waals surface area contributed by atoms with Gasteiger partial charge in [0.2, 0.25) is 0 Å². The van der Waals surface area contributed by atoms with Crippen LogP contribution in [0.2, 0.25) is 0 Å². The molecule has 65 valence electrons. The highest BCUT2D eigenvalue weighted by Gasteiger charge is 2.06. The molecule has 0 saturated carbocycles. The highest BCUT2D eigenvalue weighted by molar-refractivity contribution is 14.1.